The number of Topliss-reactive ketones (excluding diaryl/α,β-unsaturated/α-hetero) is 1. The molecule has 1 aliphatic heterocycles. The summed E-state index contributed by atoms with van der Waals surface area (Å²) in [4.78, 5) is 32.7. The third kappa shape index (κ3) is 7.05. The van der Waals surface area contributed by atoms with E-state index in [4.69, 9.17) is 9.72 Å². The van der Waals surface area contributed by atoms with Crippen molar-refractivity contribution in [2.45, 2.75) is 64.2 Å². The van der Waals surface area contributed by atoms with Crippen LogP contribution in [0.1, 0.15) is 68.2 Å². The van der Waals surface area contributed by atoms with E-state index in [0.717, 1.165) is 55.7 Å². The molecule has 7 heteroatoms. The van der Waals surface area contributed by atoms with Gasteiger partial charge in [-0.3, -0.25) is 9.59 Å². The van der Waals surface area contributed by atoms with E-state index < -0.39 is 5.97 Å². The number of ether oxygens (including phenoxy) is 1. The summed E-state index contributed by atoms with van der Waals surface area (Å²) in [6.45, 7) is 3.36. The first-order chi connectivity index (χ1) is 15.0. The molecule has 31 heavy (non-hydrogen) atoms. The van der Waals surface area contributed by atoms with Crippen LogP contribution in [0, 0.1) is 0 Å². The van der Waals surface area contributed by atoms with Crippen LogP contribution in [0.2, 0.25) is 0 Å². The summed E-state index contributed by atoms with van der Waals surface area (Å²) in [6.07, 6.45) is 6.89. The van der Waals surface area contributed by atoms with Gasteiger partial charge in [-0.1, -0.05) is 12.1 Å². The minimum absolute atomic E-state index is 0.0835. The fourth-order valence-electron chi connectivity index (χ4n) is 3.90. The number of carboxylic acid groups (broad SMARTS) is 1. The minimum atomic E-state index is -0.918. The lowest BCUT2D eigenvalue weighted by Gasteiger charge is -2.17. The van der Waals surface area contributed by atoms with Crippen molar-refractivity contribution in [1.29, 1.82) is 0 Å². The average Bonchev–Trinajstić information content (AvgIpc) is 2.76. The van der Waals surface area contributed by atoms with Gasteiger partial charge in [0.1, 0.15) is 11.6 Å². The Bertz CT molecular complexity index is 883. The molecule has 1 atom stereocenters. The molecule has 2 aromatic heterocycles. The molecule has 2 aromatic rings. The number of anilines is 1. The average molecular weight is 426 g/mol. The van der Waals surface area contributed by atoms with Crippen molar-refractivity contribution >= 4 is 17.6 Å². The number of aromatic nitrogens is 2. The number of hydrogen-bond acceptors (Lipinski definition) is 6. The number of aliphatic carboxylic acids is 1. The van der Waals surface area contributed by atoms with E-state index in [1.54, 1.807) is 18.3 Å². The molecule has 0 bridgehead atoms. The normalized spacial score (nSPS) is 13.7. The van der Waals surface area contributed by atoms with Gasteiger partial charge in [-0.05, 0) is 56.2 Å². The lowest BCUT2D eigenvalue weighted by atomic mass is 9.90. The number of fused-ring (bicyclic) bond motifs is 1. The molecule has 0 radical (unpaired) electrons. The largest absolute Gasteiger partial charge is 0.481 e. The Hall–Kier alpha value is -2.96. The predicted molar refractivity (Wildman–Crippen MR) is 119 cm³/mol. The lowest BCUT2D eigenvalue weighted by Crippen LogP contribution is -2.14. The maximum Gasteiger partial charge on any atom is 0.303 e. The van der Waals surface area contributed by atoms with E-state index in [9.17, 15) is 14.7 Å². The van der Waals surface area contributed by atoms with E-state index >= 15 is 0 Å². The summed E-state index contributed by atoms with van der Waals surface area (Å²) in [6, 6.07) is 7.75. The van der Waals surface area contributed by atoms with Crippen molar-refractivity contribution in [2.24, 2.45) is 0 Å². The maximum absolute atomic E-state index is 12.5. The molecule has 3 rings (SSSR count). The Kier molecular flexibility index (Phi) is 8.38. The van der Waals surface area contributed by atoms with Crippen molar-refractivity contribution in [1.82, 2.24) is 9.97 Å². The molecule has 166 valence electrons. The van der Waals surface area contributed by atoms with Crippen molar-refractivity contribution in [3.05, 3.63) is 47.3 Å². The number of hydrogen-bond donors (Lipinski definition) is 2. The van der Waals surface area contributed by atoms with Gasteiger partial charge in [0.15, 0.2) is 0 Å². The number of rotatable bonds is 12. The zero-order valence-corrected chi connectivity index (χ0v) is 18.1. The smallest absolute Gasteiger partial charge is 0.303 e. The van der Waals surface area contributed by atoms with Crippen molar-refractivity contribution in [3.63, 3.8) is 0 Å². The SMILES string of the molecule is CCOc1ccc([C@H](CC(=O)O)CC(=O)CCCCc2ccc3c(n2)NCCC3)cn1. The van der Waals surface area contributed by atoms with Crippen LogP contribution in [0.25, 0.3) is 0 Å². The molecule has 7 nitrogen and oxygen atoms in total. The first-order valence-corrected chi connectivity index (χ1v) is 11.1. The van der Waals surface area contributed by atoms with Crippen molar-refractivity contribution in [2.75, 3.05) is 18.5 Å². The van der Waals surface area contributed by atoms with Gasteiger partial charge in [0.05, 0.1) is 13.0 Å². The molecular formula is C24H31N3O4. The number of aryl methyl sites for hydroxylation is 2. The minimum Gasteiger partial charge on any atom is -0.481 e. The fraction of sp³-hybridized carbons (Fsp3) is 0.500. The van der Waals surface area contributed by atoms with Gasteiger partial charge in [0, 0.05) is 43.3 Å². The lowest BCUT2D eigenvalue weighted by molar-refractivity contribution is -0.137. The maximum atomic E-state index is 12.5. The Morgan fingerprint density at radius 3 is 2.81 bits per heavy atom. The number of unbranched alkanes of at least 4 members (excludes halogenated alkanes) is 1. The molecule has 0 unspecified atom stereocenters. The van der Waals surface area contributed by atoms with Crippen molar-refractivity contribution in [3.8, 4) is 5.88 Å². The molecule has 0 saturated heterocycles. The van der Waals surface area contributed by atoms with E-state index in [-0.39, 0.29) is 24.5 Å². The fourth-order valence-corrected chi connectivity index (χ4v) is 3.90. The Labute approximate surface area is 183 Å². The van der Waals surface area contributed by atoms with Gasteiger partial charge in [0.2, 0.25) is 5.88 Å². The topological polar surface area (TPSA) is 101 Å². The van der Waals surface area contributed by atoms with Gasteiger partial charge >= 0.3 is 5.97 Å². The number of pyridine rings is 2. The second-order valence-corrected chi connectivity index (χ2v) is 7.95. The molecule has 0 spiro atoms. The number of nitrogens with zero attached hydrogens (tertiary/aromatic N) is 2. The first kappa shape index (κ1) is 22.7. The molecule has 0 saturated carbocycles. The van der Waals surface area contributed by atoms with Crippen LogP contribution in [-0.4, -0.2) is 40.0 Å². The molecule has 3 heterocycles. The van der Waals surface area contributed by atoms with Crippen LogP contribution in [0.3, 0.4) is 0 Å². The number of nitrogens with one attached hydrogen (secondary N) is 1. The van der Waals surface area contributed by atoms with E-state index in [1.807, 2.05) is 6.92 Å². The first-order valence-electron chi connectivity index (χ1n) is 11.1. The highest BCUT2D eigenvalue weighted by molar-refractivity contribution is 5.80. The molecule has 1 aliphatic rings. The summed E-state index contributed by atoms with van der Waals surface area (Å²) < 4.78 is 5.33. The Morgan fingerprint density at radius 2 is 2.06 bits per heavy atom. The summed E-state index contributed by atoms with van der Waals surface area (Å²) in [5, 5.41) is 12.6. The quantitative estimate of drug-likeness (QED) is 0.492. The van der Waals surface area contributed by atoms with Crippen LogP contribution in [0.5, 0.6) is 5.88 Å². The van der Waals surface area contributed by atoms with Gasteiger partial charge in [-0.25, -0.2) is 9.97 Å². The Morgan fingerprint density at radius 1 is 1.19 bits per heavy atom. The molecular weight excluding hydrogens is 394 g/mol. The zero-order valence-electron chi connectivity index (χ0n) is 18.1. The monoisotopic (exact) mass is 425 g/mol. The third-order valence-corrected chi connectivity index (χ3v) is 5.51. The van der Waals surface area contributed by atoms with E-state index in [2.05, 4.69) is 22.4 Å². The number of carbonyl (C=O) groups excluding carboxylic acids is 1. The zero-order chi connectivity index (χ0) is 22.1. The predicted octanol–water partition coefficient (Wildman–Crippen LogP) is 4.16. The van der Waals surface area contributed by atoms with Crippen LogP contribution >= 0.6 is 0 Å². The molecule has 0 amide bonds. The molecule has 0 aliphatic carbocycles. The van der Waals surface area contributed by atoms with Crippen LogP contribution in [0.15, 0.2) is 30.5 Å². The van der Waals surface area contributed by atoms with Crippen LogP contribution in [0.4, 0.5) is 5.82 Å². The second kappa shape index (κ2) is 11.4. The van der Waals surface area contributed by atoms with E-state index in [1.165, 1.54) is 5.56 Å². The van der Waals surface area contributed by atoms with Gasteiger partial charge < -0.3 is 15.2 Å². The number of ketones is 1. The summed E-state index contributed by atoms with van der Waals surface area (Å²) in [5.41, 5.74) is 3.08. The number of carbonyl (C=O) groups is 2. The van der Waals surface area contributed by atoms with Gasteiger partial charge in [-0.2, -0.15) is 0 Å². The Balaban J connectivity index is 1.47. The highest BCUT2D eigenvalue weighted by atomic mass is 16.5. The summed E-state index contributed by atoms with van der Waals surface area (Å²) in [5.74, 6) is 0.290. The van der Waals surface area contributed by atoms with Crippen LogP contribution < -0.4 is 10.1 Å². The van der Waals surface area contributed by atoms with Gasteiger partial charge in [0.25, 0.3) is 0 Å². The highest BCUT2D eigenvalue weighted by Crippen LogP contribution is 2.26. The van der Waals surface area contributed by atoms with Crippen LogP contribution in [-0.2, 0) is 22.4 Å². The van der Waals surface area contributed by atoms with E-state index in [0.29, 0.717) is 18.9 Å². The number of carboxylic acids is 1. The summed E-state index contributed by atoms with van der Waals surface area (Å²) >= 11 is 0. The standard InChI is InChI=1S/C24H31N3O4/c1-2-31-22-12-10-18(16-26-22)19(15-23(29)30)14-21(28)8-4-3-7-20-11-9-17-6-5-13-25-24(17)27-20/h9-12,16,19H,2-8,13-15H2,1H3,(H,25,27)(H,29,30)/t19-/m0/s1. The molecule has 0 aromatic carbocycles. The second-order valence-electron chi connectivity index (χ2n) is 7.95. The highest BCUT2D eigenvalue weighted by Gasteiger charge is 2.20. The molecule has 0 fully saturated rings. The summed E-state index contributed by atoms with van der Waals surface area (Å²) in [7, 11) is 0. The van der Waals surface area contributed by atoms with Gasteiger partial charge in [-0.15, -0.1) is 0 Å². The third-order valence-electron chi connectivity index (χ3n) is 5.51. The van der Waals surface area contributed by atoms with Crippen molar-refractivity contribution < 1.29 is 19.4 Å². The molecule has 2 N–H and O–H groups in total.